The van der Waals surface area contributed by atoms with Gasteiger partial charge in [0, 0.05) is 6.92 Å². The minimum absolute atomic E-state index is 0.0120. The molecule has 0 saturated carbocycles. The predicted molar refractivity (Wildman–Crippen MR) is 50.9 cm³/mol. The molecular formula is C9H17NO4. The van der Waals surface area contributed by atoms with E-state index < -0.39 is 17.7 Å². The summed E-state index contributed by atoms with van der Waals surface area (Å²) in [5, 5.41) is 11.2. The lowest BCUT2D eigenvalue weighted by molar-refractivity contribution is -0.159. The van der Waals surface area contributed by atoms with Crippen molar-refractivity contribution in [2.45, 2.75) is 39.4 Å². The van der Waals surface area contributed by atoms with Crippen LogP contribution in [-0.2, 0) is 14.3 Å². The molecule has 0 aromatic carbocycles. The monoisotopic (exact) mass is 203 g/mol. The van der Waals surface area contributed by atoms with E-state index in [1.165, 1.54) is 6.92 Å². The van der Waals surface area contributed by atoms with E-state index in [2.05, 4.69) is 5.32 Å². The summed E-state index contributed by atoms with van der Waals surface area (Å²) in [7, 11) is 0. The zero-order valence-corrected chi connectivity index (χ0v) is 8.96. The number of amides is 1. The summed E-state index contributed by atoms with van der Waals surface area (Å²) in [6.45, 7) is 6.60. The van der Waals surface area contributed by atoms with Gasteiger partial charge in [0.2, 0.25) is 5.91 Å². The summed E-state index contributed by atoms with van der Waals surface area (Å²) >= 11 is 0. The Morgan fingerprint density at radius 3 is 2.21 bits per heavy atom. The highest BCUT2D eigenvalue weighted by atomic mass is 16.5. The zero-order valence-electron chi connectivity index (χ0n) is 8.96. The van der Waals surface area contributed by atoms with Gasteiger partial charge in [-0.15, -0.1) is 0 Å². The maximum absolute atomic E-state index is 10.7. The molecule has 0 heterocycles. The third-order valence-corrected chi connectivity index (χ3v) is 1.31. The summed E-state index contributed by atoms with van der Waals surface area (Å²) in [6, 6.07) is 0. The fraction of sp³-hybridized carbons (Fsp3) is 0.778. The van der Waals surface area contributed by atoms with Gasteiger partial charge in [-0.05, 0) is 20.8 Å². The molecule has 0 rings (SSSR count). The average molecular weight is 203 g/mol. The number of aliphatic carboxylic acids is 1. The van der Waals surface area contributed by atoms with E-state index in [0.717, 1.165) is 0 Å². The Morgan fingerprint density at radius 2 is 1.93 bits per heavy atom. The van der Waals surface area contributed by atoms with Gasteiger partial charge in [0.1, 0.15) is 0 Å². The number of carbonyl (C=O) groups is 2. The Balaban J connectivity index is 4.17. The van der Waals surface area contributed by atoms with Crippen molar-refractivity contribution in [3.63, 3.8) is 0 Å². The lowest BCUT2D eigenvalue weighted by Gasteiger charge is -2.24. The Bertz CT molecular complexity index is 219. The number of hydrogen-bond donors (Lipinski definition) is 2. The minimum Gasteiger partial charge on any atom is -0.479 e. The highest BCUT2D eigenvalue weighted by Crippen LogP contribution is 2.10. The third kappa shape index (κ3) is 6.42. The SMILES string of the molecule is CC(=O)NC[C@H](OC(C)(C)C)C(=O)O. The van der Waals surface area contributed by atoms with Crippen LogP contribution < -0.4 is 5.32 Å². The summed E-state index contributed by atoms with van der Waals surface area (Å²) in [5.41, 5.74) is -0.540. The van der Waals surface area contributed by atoms with Crippen LogP contribution in [0.1, 0.15) is 27.7 Å². The fourth-order valence-electron chi connectivity index (χ4n) is 0.843. The van der Waals surface area contributed by atoms with Crippen LogP contribution in [0.2, 0.25) is 0 Å². The molecule has 0 aliphatic carbocycles. The molecule has 1 atom stereocenters. The first-order chi connectivity index (χ1) is 6.22. The molecule has 0 saturated heterocycles. The van der Waals surface area contributed by atoms with Crippen LogP contribution in [-0.4, -0.2) is 35.2 Å². The van der Waals surface area contributed by atoms with Crippen molar-refractivity contribution in [1.82, 2.24) is 5.32 Å². The minimum atomic E-state index is -1.08. The van der Waals surface area contributed by atoms with Gasteiger partial charge >= 0.3 is 5.97 Å². The Hall–Kier alpha value is -1.10. The molecule has 0 aromatic rings. The fourth-order valence-corrected chi connectivity index (χ4v) is 0.843. The first-order valence-electron chi connectivity index (χ1n) is 4.37. The number of carboxylic acids is 1. The maximum atomic E-state index is 10.7. The molecule has 0 unspecified atom stereocenters. The Morgan fingerprint density at radius 1 is 1.43 bits per heavy atom. The van der Waals surface area contributed by atoms with Crippen LogP contribution in [0.5, 0.6) is 0 Å². The normalized spacial score (nSPS) is 13.4. The lowest BCUT2D eigenvalue weighted by Crippen LogP contribution is -2.41. The summed E-state index contributed by atoms with van der Waals surface area (Å²) < 4.78 is 5.24. The van der Waals surface area contributed by atoms with E-state index in [1.54, 1.807) is 20.8 Å². The van der Waals surface area contributed by atoms with Crippen molar-refractivity contribution in [3.8, 4) is 0 Å². The van der Waals surface area contributed by atoms with Gasteiger partial charge in [0.05, 0.1) is 12.1 Å². The predicted octanol–water partition coefficient (Wildman–Crippen LogP) is 0.391. The summed E-state index contributed by atoms with van der Waals surface area (Å²) in [4.78, 5) is 21.3. The van der Waals surface area contributed by atoms with Crippen LogP contribution in [0.3, 0.4) is 0 Å². The van der Waals surface area contributed by atoms with E-state index in [-0.39, 0.29) is 12.5 Å². The standard InChI is InChI=1S/C9H17NO4/c1-6(11)10-5-7(8(12)13)14-9(2,3)4/h7H,5H2,1-4H3,(H,10,11)(H,12,13)/t7-/m0/s1. The van der Waals surface area contributed by atoms with Crippen molar-refractivity contribution in [2.75, 3.05) is 6.54 Å². The number of carbonyl (C=O) groups excluding carboxylic acids is 1. The second kappa shape index (κ2) is 4.95. The summed E-state index contributed by atoms with van der Waals surface area (Å²) in [5.74, 6) is -1.34. The van der Waals surface area contributed by atoms with Crippen molar-refractivity contribution in [1.29, 1.82) is 0 Å². The molecule has 0 bridgehead atoms. The molecule has 0 aliphatic rings. The van der Waals surface area contributed by atoms with E-state index in [4.69, 9.17) is 9.84 Å². The van der Waals surface area contributed by atoms with Gasteiger partial charge in [-0.2, -0.15) is 0 Å². The largest absolute Gasteiger partial charge is 0.479 e. The first-order valence-corrected chi connectivity index (χ1v) is 4.37. The van der Waals surface area contributed by atoms with E-state index in [0.29, 0.717) is 0 Å². The number of ether oxygens (including phenoxy) is 1. The Kier molecular flexibility index (Phi) is 4.56. The number of carboxylic acid groups (broad SMARTS) is 1. The van der Waals surface area contributed by atoms with Gasteiger partial charge in [0.25, 0.3) is 0 Å². The molecule has 0 aromatic heterocycles. The third-order valence-electron chi connectivity index (χ3n) is 1.31. The van der Waals surface area contributed by atoms with Gasteiger partial charge in [-0.1, -0.05) is 0 Å². The molecule has 0 fully saturated rings. The van der Waals surface area contributed by atoms with Gasteiger partial charge in [-0.25, -0.2) is 4.79 Å². The van der Waals surface area contributed by atoms with E-state index in [1.807, 2.05) is 0 Å². The molecule has 1 amide bonds. The number of rotatable bonds is 4. The highest BCUT2D eigenvalue weighted by Gasteiger charge is 2.24. The molecule has 5 heteroatoms. The van der Waals surface area contributed by atoms with Crippen molar-refractivity contribution >= 4 is 11.9 Å². The van der Waals surface area contributed by atoms with Crippen LogP contribution in [0.4, 0.5) is 0 Å². The molecule has 82 valence electrons. The van der Waals surface area contributed by atoms with Gasteiger partial charge < -0.3 is 15.2 Å². The second-order valence-corrected chi connectivity index (χ2v) is 3.99. The highest BCUT2D eigenvalue weighted by molar-refractivity contribution is 5.76. The maximum Gasteiger partial charge on any atom is 0.334 e. The second-order valence-electron chi connectivity index (χ2n) is 3.99. The molecule has 0 aliphatic heterocycles. The molecule has 5 nitrogen and oxygen atoms in total. The number of nitrogens with one attached hydrogen (secondary N) is 1. The van der Waals surface area contributed by atoms with Gasteiger partial charge in [0.15, 0.2) is 6.10 Å². The van der Waals surface area contributed by atoms with Crippen LogP contribution >= 0.6 is 0 Å². The van der Waals surface area contributed by atoms with E-state index in [9.17, 15) is 9.59 Å². The molecular weight excluding hydrogens is 186 g/mol. The van der Waals surface area contributed by atoms with Gasteiger partial charge in [-0.3, -0.25) is 4.79 Å². The number of hydrogen-bond acceptors (Lipinski definition) is 3. The van der Waals surface area contributed by atoms with Crippen molar-refractivity contribution in [3.05, 3.63) is 0 Å². The summed E-state index contributed by atoms with van der Waals surface area (Å²) in [6.07, 6.45) is -1.00. The van der Waals surface area contributed by atoms with E-state index >= 15 is 0 Å². The first kappa shape index (κ1) is 12.9. The zero-order chi connectivity index (χ0) is 11.4. The molecule has 0 spiro atoms. The van der Waals surface area contributed by atoms with Crippen molar-refractivity contribution < 1.29 is 19.4 Å². The lowest BCUT2D eigenvalue weighted by atomic mass is 10.2. The topological polar surface area (TPSA) is 75.6 Å². The van der Waals surface area contributed by atoms with Crippen LogP contribution in [0, 0.1) is 0 Å². The molecule has 0 radical (unpaired) electrons. The van der Waals surface area contributed by atoms with Crippen LogP contribution in [0.25, 0.3) is 0 Å². The molecule has 14 heavy (non-hydrogen) atoms. The quantitative estimate of drug-likeness (QED) is 0.693. The van der Waals surface area contributed by atoms with Crippen LogP contribution in [0.15, 0.2) is 0 Å². The average Bonchev–Trinajstić information content (AvgIpc) is 1.94. The van der Waals surface area contributed by atoms with Crippen molar-refractivity contribution in [2.24, 2.45) is 0 Å². The molecule has 2 N–H and O–H groups in total. The Labute approximate surface area is 83.4 Å². The smallest absolute Gasteiger partial charge is 0.334 e.